The molecule has 0 spiro atoms. The minimum absolute atomic E-state index is 0.171. The van der Waals surface area contributed by atoms with Gasteiger partial charge in [0, 0.05) is 44.4 Å². The number of rotatable bonds is 5. The molecule has 3 nitrogen and oxygen atoms in total. The first-order chi connectivity index (χ1) is 7.99. The molecule has 0 saturated carbocycles. The maximum Gasteiger partial charge on any atom is 0.251 e. The van der Waals surface area contributed by atoms with Crippen molar-refractivity contribution in [1.29, 1.82) is 0 Å². The number of hydrogen-bond donors (Lipinski definition) is 1. The average molecular weight is 339 g/mol. The van der Waals surface area contributed by atoms with Crippen LogP contribution < -0.4 is 5.32 Å². The van der Waals surface area contributed by atoms with Crippen LogP contribution in [0.2, 0.25) is 5.02 Å². The first-order valence-corrected chi connectivity index (χ1v) is 7.93. The fourth-order valence-electron chi connectivity index (χ4n) is 1.26. The van der Waals surface area contributed by atoms with Gasteiger partial charge in [0.25, 0.3) is 5.91 Å². The van der Waals surface area contributed by atoms with Crippen molar-refractivity contribution in [2.45, 2.75) is 6.42 Å². The Hall–Kier alpha value is -0.390. The zero-order chi connectivity index (χ0) is 12.8. The van der Waals surface area contributed by atoms with Gasteiger partial charge < -0.3 is 5.32 Å². The summed E-state index contributed by atoms with van der Waals surface area (Å²) >= 11 is 9.12. The van der Waals surface area contributed by atoms with Crippen molar-refractivity contribution in [1.82, 2.24) is 5.32 Å². The Kier molecular flexibility index (Phi) is 6.16. The van der Waals surface area contributed by atoms with Crippen molar-refractivity contribution >= 4 is 44.2 Å². The Balaban J connectivity index is 2.49. The van der Waals surface area contributed by atoms with Gasteiger partial charge in [-0.2, -0.15) is 0 Å². The molecule has 1 N–H and O–H groups in total. The molecule has 1 rings (SSSR count). The van der Waals surface area contributed by atoms with Crippen molar-refractivity contribution in [2.24, 2.45) is 0 Å². The molecule has 0 saturated heterocycles. The molecule has 1 aromatic rings. The summed E-state index contributed by atoms with van der Waals surface area (Å²) in [7, 11) is -0.812. The van der Waals surface area contributed by atoms with E-state index in [-0.39, 0.29) is 5.91 Å². The third-order valence-corrected chi connectivity index (χ3v) is 3.56. The largest absolute Gasteiger partial charge is 0.352 e. The fraction of sp³-hybridized carbons (Fsp3) is 0.364. The summed E-state index contributed by atoms with van der Waals surface area (Å²) in [5, 5.41) is 3.27. The minimum atomic E-state index is -0.812. The van der Waals surface area contributed by atoms with Crippen molar-refractivity contribution in [2.75, 3.05) is 18.6 Å². The Morgan fingerprint density at radius 2 is 2.18 bits per heavy atom. The molecule has 0 aliphatic carbocycles. The second-order valence-corrected chi connectivity index (χ2v) is 6.45. The molecular weight excluding hydrogens is 326 g/mol. The molecule has 1 amide bonds. The second-order valence-electron chi connectivity index (χ2n) is 3.54. The van der Waals surface area contributed by atoms with E-state index in [1.807, 2.05) is 0 Å². The van der Waals surface area contributed by atoms with Crippen LogP contribution in [0.3, 0.4) is 0 Å². The molecule has 1 atom stereocenters. The van der Waals surface area contributed by atoms with Gasteiger partial charge in [-0.25, -0.2) is 0 Å². The minimum Gasteiger partial charge on any atom is -0.352 e. The van der Waals surface area contributed by atoms with Gasteiger partial charge in [0.1, 0.15) is 0 Å². The van der Waals surface area contributed by atoms with Crippen LogP contribution in [-0.4, -0.2) is 28.7 Å². The highest BCUT2D eigenvalue weighted by Gasteiger charge is 2.06. The number of amides is 1. The maximum absolute atomic E-state index is 11.7. The Labute approximate surface area is 117 Å². The van der Waals surface area contributed by atoms with Crippen molar-refractivity contribution in [3.8, 4) is 0 Å². The van der Waals surface area contributed by atoms with Crippen LogP contribution in [0.5, 0.6) is 0 Å². The molecule has 0 heterocycles. The van der Waals surface area contributed by atoms with Gasteiger partial charge >= 0.3 is 0 Å². The summed E-state index contributed by atoms with van der Waals surface area (Å²) in [6.07, 6.45) is 2.35. The fourth-order valence-corrected chi connectivity index (χ4v) is 2.68. The smallest absolute Gasteiger partial charge is 0.251 e. The van der Waals surface area contributed by atoms with Crippen LogP contribution in [0.25, 0.3) is 0 Å². The molecule has 0 aromatic heterocycles. The lowest BCUT2D eigenvalue weighted by molar-refractivity contribution is 0.0953. The van der Waals surface area contributed by atoms with Crippen LogP contribution in [0.4, 0.5) is 0 Å². The van der Waals surface area contributed by atoms with Gasteiger partial charge in [-0.15, -0.1) is 0 Å². The zero-order valence-corrected chi connectivity index (χ0v) is 12.5. The summed E-state index contributed by atoms with van der Waals surface area (Å²) in [5.41, 5.74) is 0.516. The van der Waals surface area contributed by atoms with Crippen LogP contribution in [-0.2, 0) is 10.8 Å². The van der Waals surface area contributed by atoms with Crippen LogP contribution in [0, 0.1) is 0 Å². The standard InChI is InChI=1S/C11H13BrClNO2S/c1-17(16)4-2-3-14-11(15)8-5-9(12)7-10(13)6-8/h5-7H,2-4H2,1H3,(H,14,15). The highest BCUT2D eigenvalue weighted by atomic mass is 79.9. The lowest BCUT2D eigenvalue weighted by atomic mass is 10.2. The Morgan fingerprint density at radius 3 is 2.76 bits per heavy atom. The molecule has 17 heavy (non-hydrogen) atoms. The normalized spacial score (nSPS) is 12.2. The molecule has 1 unspecified atom stereocenters. The summed E-state index contributed by atoms with van der Waals surface area (Å²) in [6.45, 7) is 0.516. The van der Waals surface area contributed by atoms with Crippen LogP contribution >= 0.6 is 27.5 Å². The van der Waals surface area contributed by atoms with E-state index in [2.05, 4.69) is 21.2 Å². The lowest BCUT2D eigenvalue weighted by Crippen LogP contribution is -2.25. The first kappa shape index (κ1) is 14.7. The van der Waals surface area contributed by atoms with Gasteiger partial charge in [-0.05, 0) is 24.6 Å². The molecule has 0 aliphatic heterocycles. The van der Waals surface area contributed by atoms with Crippen molar-refractivity contribution in [3.63, 3.8) is 0 Å². The maximum atomic E-state index is 11.7. The van der Waals surface area contributed by atoms with E-state index in [1.54, 1.807) is 24.5 Å². The predicted octanol–water partition coefficient (Wildman–Crippen LogP) is 2.60. The van der Waals surface area contributed by atoms with Crippen molar-refractivity contribution in [3.05, 3.63) is 33.3 Å². The number of halogens is 2. The molecule has 0 bridgehead atoms. The van der Waals surface area contributed by atoms with Gasteiger partial charge in [-0.1, -0.05) is 27.5 Å². The van der Waals surface area contributed by atoms with E-state index in [9.17, 15) is 9.00 Å². The van der Waals surface area contributed by atoms with E-state index in [0.29, 0.717) is 29.3 Å². The number of hydrogen-bond acceptors (Lipinski definition) is 2. The second kappa shape index (κ2) is 7.13. The highest BCUT2D eigenvalue weighted by Crippen LogP contribution is 2.19. The first-order valence-electron chi connectivity index (χ1n) is 5.03. The molecule has 94 valence electrons. The third kappa shape index (κ3) is 5.66. The van der Waals surface area contributed by atoms with Crippen molar-refractivity contribution < 1.29 is 9.00 Å². The van der Waals surface area contributed by atoms with Gasteiger partial charge in [-0.3, -0.25) is 9.00 Å². The lowest BCUT2D eigenvalue weighted by Gasteiger charge is -2.05. The third-order valence-electron chi connectivity index (χ3n) is 2.02. The summed E-state index contributed by atoms with van der Waals surface area (Å²) < 4.78 is 11.6. The number of carbonyl (C=O) groups excluding carboxylic acids is 1. The summed E-state index contributed by atoms with van der Waals surface area (Å²) in [6, 6.07) is 5.04. The van der Waals surface area contributed by atoms with Gasteiger partial charge in [0.2, 0.25) is 0 Å². The highest BCUT2D eigenvalue weighted by molar-refractivity contribution is 9.10. The van der Waals surface area contributed by atoms with E-state index in [0.717, 1.165) is 4.47 Å². The predicted molar refractivity (Wildman–Crippen MR) is 75.0 cm³/mol. The van der Waals surface area contributed by atoms with Gasteiger partial charge in [0.05, 0.1) is 0 Å². The quantitative estimate of drug-likeness (QED) is 0.839. The number of benzene rings is 1. The summed E-state index contributed by atoms with van der Waals surface area (Å²) in [5.74, 6) is 0.426. The molecule has 1 aromatic carbocycles. The Morgan fingerprint density at radius 1 is 1.47 bits per heavy atom. The van der Waals surface area contributed by atoms with E-state index < -0.39 is 10.8 Å². The van der Waals surface area contributed by atoms with Gasteiger partial charge in [0.15, 0.2) is 0 Å². The molecular formula is C11H13BrClNO2S. The number of nitrogens with one attached hydrogen (secondary N) is 1. The summed E-state index contributed by atoms with van der Waals surface area (Å²) in [4.78, 5) is 11.7. The molecule has 6 heteroatoms. The average Bonchev–Trinajstić information content (AvgIpc) is 2.22. The topological polar surface area (TPSA) is 46.2 Å². The van der Waals surface area contributed by atoms with E-state index in [1.165, 1.54) is 0 Å². The SMILES string of the molecule is CS(=O)CCCNC(=O)c1cc(Cl)cc(Br)c1. The molecule has 0 radical (unpaired) electrons. The van der Waals surface area contributed by atoms with Crippen LogP contribution in [0.1, 0.15) is 16.8 Å². The van der Waals surface area contributed by atoms with Crippen LogP contribution in [0.15, 0.2) is 22.7 Å². The molecule has 0 aliphatic rings. The zero-order valence-electron chi connectivity index (χ0n) is 9.33. The molecule has 0 fully saturated rings. The van der Waals surface area contributed by atoms with E-state index in [4.69, 9.17) is 11.6 Å². The number of carbonyl (C=O) groups is 1. The Bertz CT molecular complexity index is 419. The monoisotopic (exact) mass is 337 g/mol. The van der Waals surface area contributed by atoms with E-state index >= 15 is 0 Å².